The molecular weight excluding hydrogens is 218 g/mol. The summed E-state index contributed by atoms with van der Waals surface area (Å²) in [5.41, 5.74) is 5.84. The molecule has 0 spiro atoms. The molecule has 3 rings (SSSR count). The molecule has 1 heterocycles. The zero-order chi connectivity index (χ0) is 12.5. The summed E-state index contributed by atoms with van der Waals surface area (Å²) in [6.07, 6.45) is 0. The van der Waals surface area contributed by atoms with Crippen molar-refractivity contribution in [3.05, 3.63) is 65.7 Å². The summed E-state index contributed by atoms with van der Waals surface area (Å²) >= 11 is 0. The first kappa shape index (κ1) is 11.0. The van der Waals surface area contributed by atoms with Crippen LogP contribution in [0.15, 0.2) is 54.6 Å². The molecule has 0 saturated carbocycles. The molecule has 0 saturated heterocycles. The zero-order valence-corrected chi connectivity index (χ0v) is 10.6. The molecule has 88 valence electrons. The van der Waals surface area contributed by atoms with Gasteiger partial charge in [0, 0.05) is 10.9 Å². The van der Waals surface area contributed by atoms with Gasteiger partial charge in [0.1, 0.15) is 0 Å². The second-order valence-electron chi connectivity index (χ2n) is 4.71. The average molecular weight is 233 g/mol. The molecule has 1 heteroatoms. The van der Waals surface area contributed by atoms with Crippen LogP contribution in [0.5, 0.6) is 0 Å². The number of benzene rings is 2. The van der Waals surface area contributed by atoms with E-state index in [4.69, 9.17) is 4.98 Å². The third kappa shape index (κ3) is 1.88. The van der Waals surface area contributed by atoms with Crippen LogP contribution in [0.2, 0.25) is 0 Å². The van der Waals surface area contributed by atoms with Gasteiger partial charge in [0.05, 0.1) is 11.2 Å². The van der Waals surface area contributed by atoms with Gasteiger partial charge in [-0.2, -0.15) is 0 Å². The minimum atomic E-state index is 1.05. The molecule has 0 atom stereocenters. The molecule has 3 aromatic rings. The third-order valence-corrected chi connectivity index (χ3v) is 3.24. The zero-order valence-electron chi connectivity index (χ0n) is 10.6. The summed E-state index contributed by atoms with van der Waals surface area (Å²) in [5.74, 6) is 0. The van der Waals surface area contributed by atoms with Crippen LogP contribution in [-0.2, 0) is 0 Å². The predicted octanol–water partition coefficient (Wildman–Crippen LogP) is 4.52. The molecule has 0 bridgehead atoms. The first-order valence-corrected chi connectivity index (χ1v) is 6.17. The lowest BCUT2D eigenvalue weighted by Gasteiger charge is -2.07. The van der Waals surface area contributed by atoms with Crippen molar-refractivity contribution in [2.45, 2.75) is 13.8 Å². The maximum Gasteiger partial charge on any atom is 0.0712 e. The number of fused-ring (bicyclic) bond motifs is 1. The maximum atomic E-state index is 4.75. The van der Waals surface area contributed by atoms with E-state index in [9.17, 15) is 0 Å². The van der Waals surface area contributed by atoms with Gasteiger partial charge in [-0.25, -0.2) is 4.98 Å². The highest BCUT2D eigenvalue weighted by Crippen LogP contribution is 2.24. The second-order valence-corrected chi connectivity index (χ2v) is 4.71. The largest absolute Gasteiger partial charge is 0.248 e. The highest BCUT2D eigenvalue weighted by Gasteiger charge is 2.04. The van der Waals surface area contributed by atoms with Crippen LogP contribution in [-0.4, -0.2) is 4.98 Å². The number of hydrogen-bond donors (Lipinski definition) is 0. The first-order valence-electron chi connectivity index (χ1n) is 6.17. The number of rotatable bonds is 1. The van der Waals surface area contributed by atoms with Gasteiger partial charge in [-0.15, -0.1) is 0 Å². The van der Waals surface area contributed by atoms with Gasteiger partial charge < -0.3 is 0 Å². The van der Waals surface area contributed by atoms with Crippen molar-refractivity contribution < 1.29 is 0 Å². The summed E-state index contributed by atoms with van der Waals surface area (Å²) in [4.78, 5) is 4.75. The monoisotopic (exact) mass is 233 g/mol. The molecule has 1 aromatic heterocycles. The molecule has 0 N–H and O–H groups in total. The van der Waals surface area contributed by atoms with E-state index >= 15 is 0 Å². The Morgan fingerprint density at radius 2 is 1.67 bits per heavy atom. The van der Waals surface area contributed by atoms with E-state index in [2.05, 4.69) is 62.4 Å². The van der Waals surface area contributed by atoms with Gasteiger partial charge in [0.2, 0.25) is 0 Å². The molecular formula is C17H15N. The number of aromatic nitrogens is 1. The van der Waals surface area contributed by atoms with Crippen molar-refractivity contribution in [2.75, 3.05) is 0 Å². The normalized spacial score (nSPS) is 10.8. The van der Waals surface area contributed by atoms with E-state index in [-0.39, 0.29) is 0 Å². The molecule has 18 heavy (non-hydrogen) atoms. The number of pyridine rings is 1. The van der Waals surface area contributed by atoms with Crippen LogP contribution in [0.1, 0.15) is 11.1 Å². The molecule has 0 amide bonds. The molecule has 0 aliphatic rings. The summed E-state index contributed by atoms with van der Waals surface area (Å²) < 4.78 is 0. The summed E-state index contributed by atoms with van der Waals surface area (Å²) in [6.45, 7) is 4.25. The van der Waals surface area contributed by atoms with Gasteiger partial charge in [0.15, 0.2) is 0 Å². The van der Waals surface area contributed by atoms with E-state index in [1.165, 1.54) is 22.1 Å². The van der Waals surface area contributed by atoms with Crippen molar-refractivity contribution >= 4 is 10.9 Å². The Labute approximate surface area is 107 Å². The third-order valence-electron chi connectivity index (χ3n) is 3.24. The molecule has 0 radical (unpaired) electrons. The summed E-state index contributed by atoms with van der Waals surface area (Å²) in [5, 5.41) is 1.23. The topological polar surface area (TPSA) is 12.9 Å². The number of para-hydroxylation sites is 1. The van der Waals surface area contributed by atoms with Gasteiger partial charge in [-0.1, -0.05) is 42.0 Å². The fraction of sp³-hybridized carbons (Fsp3) is 0.118. The van der Waals surface area contributed by atoms with Crippen LogP contribution < -0.4 is 0 Å². The van der Waals surface area contributed by atoms with Crippen molar-refractivity contribution in [2.24, 2.45) is 0 Å². The second kappa shape index (κ2) is 4.26. The smallest absolute Gasteiger partial charge is 0.0712 e. The Morgan fingerprint density at radius 1 is 0.833 bits per heavy atom. The predicted molar refractivity (Wildman–Crippen MR) is 76.7 cm³/mol. The lowest BCUT2D eigenvalue weighted by atomic mass is 10.0. The quantitative estimate of drug-likeness (QED) is 0.602. The van der Waals surface area contributed by atoms with Crippen molar-refractivity contribution in [1.29, 1.82) is 0 Å². The van der Waals surface area contributed by atoms with Crippen LogP contribution >= 0.6 is 0 Å². The fourth-order valence-corrected chi connectivity index (χ4v) is 2.30. The van der Waals surface area contributed by atoms with Crippen LogP contribution in [0.3, 0.4) is 0 Å². The molecule has 0 aliphatic carbocycles. The molecule has 0 aliphatic heterocycles. The van der Waals surface area contributed by atoms with E-state index in [0.29, 0.717) is 0 Å². The minimum absolute atomic E-state index is 1.05. The lowest BCUT2D eigenvalue weighted by Crippen LogP contribution is -1.88. The molecule has 0 fully saturated rings. The van der Waals surface area contributed by atoms with E-state index in [1.807, 2.05) is 6.07 Å². The Hall–Kier alpha value is -2.15. The number of aryl methyl sites for hydroxylation is 2. The maximum absolute atomic E-state index is 4.75. The highest BCUT2D eigenvalue weighted by atomic mass is 14.7. The van der Waals surface area contributed by atoms with Crippen LogP contribution in [0.4, 0.5) is 0 Å². The Kier molecular flexibility index (Phi) is 2.60. The summed E-state index contributed by atoms with van der Waals surface area (Å²) in [7, 11) is 0. The highest BCUT2D eigenvalue weighted by molar-refractivity contribution is 5.84. The average Bonchev–Trinajstić information content (AvgIpc) is 2.39. The number of hydrogen-bond acceptors (Lipinski definition) is 1. The van der Waals surface area contributed by atoms with Crippen LogP contribution in [0, 0.1) is 13.8 Å². The molecule has 0 unspecified atom stereocenters. The van der Waals surface area contributed by atoms with Crippen molar-refractivity contribution in [3.8, 4) is 11.3 Å². The van der Waals surface area contributed by atoms with Gasteiger partial charge in [-0.3, -0.25) is 0 Å². The van der Waals surface area contributed by atoms with Crippen molar-refractivity contribution in [3.63, 3.8) is 0 Å². The summed E-state index contributed by atoms with van der Waals surface area (Å²) in [6, 6.07) is 18.9. The number of nitrogens with zero attached hydrogens (tertiary/aromatic N) is 1. The first-order chi connectivity index (χ1) is 8.74. The Morgan fingerprint density at radius 3 is 2.50 bits per heavy atom. The molecule has 2 aromatic carbocycles. The van der Waals surface area contributed by atoms with E-state index in [1.54, 1.807) is 0 Å². The Balaban J connectivity index is 2.24. The van der Waals surface area contributed by atoms with Crippen molar-refractivity contribution in [1.82, 2.24) is 4.98 Å². The minimum Gasteiger partial charge on any atom is -0.248 e. The van der Waals surface area contributed by atoms with E-state index < -0.39 is 0 Å². The van der Waals surface area contributed by atoms with Gasteiger partial charge in [0.25, 0.3) is 0 Å². The fourth-order valence-electron chi connectivity index (χ4n) is 2.30. The standard InChI is InChI=1S/C17H15N/c1-12-6-5-7-14(10-12)17-11-13(2)15-8-3-4-9-16(15)18-17/h3-11H,1-2H3. The van der Waals surface area contributed by atoms with Gasteiger partial charge >= 0.3 is 0 Å². The van der Waals surface area contributed by atoms with Crippen LogP contribution in [0.25, 0.3) is 22.2 Å². The van der Waals surface area contributed by atoms with E-state index in [0.717, 1.165) is 11.2 Å². The SMILES string of the molecule is Cc1cccc(-c2cc(C)c3ccccc3n2)c1. The lowest BCUT2D eigenvalue weighted by molar-refractivity contribution is 1.35. The van der Waals surface area contributed by atoms with Gasteiger partial charge in [-0.05, 0) is 37.6 Å². The Bertz CT molecular complexity index is 714. The molecule has 1 nitrogen and oxygen atoms in total.